The summed E-state index contributed by atoms with van der Waals surface area (Å²) in [6, 6.07) is 0. The van der Waals surface area contributed by atoms with Crippen LogP contribution in [0.3, 0.4) is 0 Å². The van der Waals surface area contributed by atoms with E-state index in [1.807, 2.05) is 13.8 Å². The second kappa shape index (κ2) is 6.50. The van der Waals surface area contributed by atoms with Crippen LogP contribution in [0.4, 0.5) is 0 Å². The van der Waals surface area contributed by atoms with Crippen molar-refractivity contribution in [3.05, 3.63) is 12.7 Å². The highest BCUT2D eigenvalue weighted by Crippen LogP contribution is 2.38. The Morgan fingerprint density at radius 2 is 1.90 bits per heavy atom. The molecule has 1 saturated heterocycles. The maximum Gasteiger partial charge on any atom is 0.192 e. The molecule has 1 aliphatic rings. The van der Waals surface area contributed by atoms with Crippen LogP contribution in [-0.2, 0) is 13.9 Å². The van der Waals surface area contributed by atoms with E-state index in [0.717, 1.165) is 0 Å². The molecule has 0 spiro atoms. The van der Waals surface area contributed by atoms with Gasteiger partial charge in [0, 0.05) is 0 Å². The number of hydrogen-bond donors (Lipinski definition) is 1. The molecule has 21 heavy (non-hydrogen) atoms. The molecule has 0 aromatic carbocycles. The number of aliphatic hydroxyl groups is 1. The average molecular weight is 317 g/mol. The van der Waals surface area contributed by atoms with Crippen LogP contribution >= 0.6 is 0 Å². The molecular formula is C16H32O4Si. The highest BCUT2D eigenvalue weighted by Gasteiger charge is 2.46. The van der Waals surface area contributed by atoms with Crippen molar-refractivity contribution < 1.29 is 19.0 Å². The van der Waals surface area contributed by atoms with Crippen molar-refractivity contribution in [2.45, 2.75) is 83.3 Å². The molecule has 0 amide bonds. The Morgan fingerprint density at radius 1 is 1.33 bits per heavy atom. The van der Waals surface area contributed by atoms with Gasteiger partial charge in [-0.15, -0.1) is 6.58 Å². The predicted octanol–water partition coefficient (Wildman–Crippen LogP) is 3.47. The molecule has 0 aliphatic carbocycles. The predicted molar refractivity (Wildman–Crippen MR) is 87.8 cm³/mol. The zero-order valence-electron chi connectivity index (χ0n) is 14.6. The molecule has 3 atom stereocenters. The van der Waals surface area contributed by atoms with E-state index >= 15 is 0 Å². The first kappa shape index (κ1) is 18.8. The van der Waals surface area contributed by atoms with E-state index in [4.69, 9.17) is 13.9 Å². The first-order valence-electron chi connectivity index (χ1n) is 7.68. The summed E-state index contributed by atoms with van der Waals surface area (Å²) in [7, 11) is -1.84. The van der Waals surface area contributed by atoms with Gasteiger partial charge in [-0.25, -0.2) is 0 Å². The molecule has 1 rings (SSSR count). The Morgan fingerprint density at radius 3 is 2.38 bits per heavy atom. The molecule has 1 heterocycles. The van der Waals surface area contributed by atoms with Gasteiger partial charge >= 0.3 is 0 Å². The SMILES string of the molecule is C=CC[C@H](O)[C@H]1OC(C)(C)O[C@@H]1CO[Si](C)(C)C(C)(C)C. The van der Waals surface area contributed by atoms with Crippen LogP contribution in [0.15, 0.2) is 12.7 Å². The van der Waals surface area contributed by atoms with Crippen LogP contribution < -0.4 is 0 Å². The Labute approximate surface area is 130 Å². The standard InChI is InChI=1S/C16H32O4Si/c1-9-10-12(17)14-13(19-16(5,6)20-14)11-18-21(7,8)15(2,3)4/h9,12-14,17H,1,10-11H2,2-8H3/t12-,13+,14+/m0/s1. The van der Waals surface area contributed by atoms with Gasteiger partial charge in [-0.05, 0) is 38.4 Å². The molecule has 1 aliphatic heterocycles. The minimum absolute atomic E-state index is 0.150. The van der Waals surface area contributed by atoms with Crippen molar-refractivity contribution in [1.82, 2.24) is 0 Å². The van der Waals surface area contributed by atoms with Crippen molar-refractivity contribution in [2.24, 2.45) is 0 Å². The van der Waals surface area contributed by atoms with Crippen LogP contribution in [-0.4, -0.2) is 44.1 Å². The summed E-state index contributed by atoms with van der Waals surface area (Å²) in [5, 5.41) is 10.4. The Bertz CT molecular complexity index is 360. The second-order valence-electron chi connectivity index (χ2n) is 7.80. The molecule has 0 unspecified atom stereocenters. The largest absolute Gasteiger partial charge is 0.414 e. The van der Waals surface area contributed by atoms with Crippen molar-refractivity contribution in [1.29, 1.82) is 0 Å². The molecule has 0 bridgehead atoms. The minimum atomic E-state index is -1.84. The zero-order chi connectivity index (χ0) is 16.5. The third-order valence-corrected chi connectivity index (χ3v) is 8.92. The average Bonchev–Trinajstić information content (AvgIpc) is 2.61. The van der Waals surface area contributed by atoms with Gasteiger partial charge in [0.25, 0.3) is 0 Å². The summed E-state index contributed by atoms with van der Waals surface area (Å²) in [5.41, 5.74) is 0. The molecule has 124 valence electrons. The Hall–Kier alpha value is -0.203. The van der Waals surface area contributed by atoms with Crippen molar-refractivity contribution in [3.8, 4) is 0 Å². The molecular weight excluding hydrogens is 284 g/mol. The van der Waals surface area contributed by atoms with Gasteiger partial charge in [0.15, 0.2) is 14.1 Å². The van der Waals surface area contributed by atoms with Crippen LogP contribution in [0, 0.1) is 0 Å². The fourth-order valence-corrected chi connectivity index (χ4v) is 3.14. The summed E-state index contributed by atoms with van der Waals surface area (Å²) in [6.07, 6.45) is 0.954. The quantitative estimate of drug-likeness (QED) is 0.602. The number of aliphatic hydroxyl groups excluding tert-OH is 1. The van der Waals surface area contributed by atoms with Gasteiger partial charge in [0.1, 0.15) is 12.2 Å². The maximum atomic E-state index is 10.2. The monoisotopic (exact) mass is 316 g/mol. The summed E-state index contributed by atoms with van der Waals surface area (Å²) < 4.78 is 18.0. The molecule has 0 saturated carbocycles. The summed E-state index contributed by atoms with van der Waals surface area (Å²) >= 11 is 0. The van der Waals surface area contributed by atoms with Gasteiger partial charge in [-0.3, -0.25) is 0 Å². The Kier molecular flexibility index (Phi) is 5.84. The molecule has 0 aromatic rings. The fraction of sp³-hybridized carbons (Fsp3) is 0.875. The first-order valence-corrected chi connectivity index (χ1v) is 10.6. The molecule has 1 N–H and O–H groups in total. The highest BCUT2D eigenvalue weighted by molar-refractivity contribution is 6.74. The van der Waals surface area contributed by atoms with Gasteiger partial charge < -0.3 is 19.0 Å². The van der Waals surface area contributed by atoms with Gasteiger partial charge in [-0.2, -0.15) is 0 Å². The van der Waals surface area contributed by atoms with Crippen molar-refractivity contribution in [2.75, 3.05) is 6.61 Å². The lowest BCUT2D eigenvalue weighted by Crippen LogP contribution is -2.45. The van der Waals surface area contributed by atoms with Crippen molar-refractivity contribution >= 4 is 8.32 Å². The minimum Gasteiger partial charge on any atom is -0.414 e. The summed E-state index contributed by atoms with van der Waals surface area (Å²) in [6.45, 7) is 18.9. The zero-order valence-corrected chi connectivity index (χ0v) is 15.6. The van der Waals surface area contributed by atoms with E-state index in [2.05, 4.69) is 40.4 Å². The van der Waals surface area contributed by atoms with Crippen LogP contribution in [0.25, 0.3) is 0 Å². The van der Waals surface area contributed by atoms with Gasteiger partial charge in [0.05, 0.1) is 12.7 Å². The van der Waals surface area contributed by atoms with Crippen LogP contribution in [0.1, 0.15) is 41.0 Å². The normalized spacial score (nSPS) is 27.6. The third kappa shape index (κ3) is 4.89. The third-order valence-electron chi connectivity index (χ3n) is 4.42. The fourth-order valence-electron chi connectivity index (χ4n) is 2.13. The van der Waals surface area contributed by atoms with E-state index in [1.165, 1.54) is 0 Å². The van der Waals surface area contributed by atoms with Gasteiger partial charge in [-0.1, -0.05) is 26.8 Å². The lowest BCUT2D eigenvalue weighted by molar-refractivity contribution is -0.156. The number of hydrogen-bond acceptors (Lipinski definition) is 4. The van der Waals surface area contributed by atoms with E-state index < -0.39 is 20.2 Å². The molecule has 1 fully saturated rings. The number of rotatable bonds is 6. The summed E-state index contributed by atoms with van der Waals surface area (Å²) in [5.74, 6) is -0.686. The lowest BCUT2D eigenvalue weighted by Gasteiger charge is -2.37. The molecule has 5 heteroatoms. The smallest absolute Gasteiger partial charge is 0.192 e. The molecule has 4 nitrogen and oxygen atoms in total. The van der Waals surface area contributed by atoms with E-state index in [1.54, 1.807) is 6.08 Å². The second-order valence-corrected chi connectivity index (χ2v) is 12.6. The highest BCUT2D eigenvalue weighted by atomic mass is 28.4. The molecule has 0 aromatic heterocycles. The van der Waals surface area contributed by atoms with E-state index in [9.17, 15) is 5.11 Å². The summed E-state index contributed by atoms with van der Waals surface area (Å²) in [4.78, 5) is 0. The van der Waals surface area contributed by atoms with Crippen LogP contribution in [0.2, 0.25) is 18.1 Å². The number of ether oxygens (including phenoxy) is 2. The van der Waals surface area contributed by atoms with Gasteiger partial charge in [0.2, 0.25) is 0 Å². The Balaban J connectivity index is 2.73. The maximum absolute atomic E-state index is 10.2. The first-order chi connectivity index (χ1) is 9.39. The van der Waals surface area contributed by atoms with E-state index in [-0.39, 0.29) is 17.2 Å². The van der Waals surface area contributed by atoms with Crippen LogP contribution in [0.5, 0.6) is 0 Å². The van der Waals surface area contributed by atoms with Crippen molar-refractivity contribution in [3.63, 3.8) is 0 Å². The van der Waals surface area contributed by atoms with E-state index in [0.29, 0.717) is 13.0 Å². The molecule has 0 radical (unpaired) electrons. The topological polar surface area (TPSA) is 47.9 Å². The lowest BCUT2D eigenvalue weighted by atomic mass is 10.1.